The molecule has 1 aromatic rings. The van der Waals surface area contributed by atoms with Crippen molar-refractivity contribution in [1.29, 1.82) is 0 Å². The molecule has 186 valence electrons. The summed E-state index contributed by atoms with van der Waals surface area (Å²) in [6.07, 6.45) is 17.3. The van der Waals surface area contributed by atoms with Crippen LogP contribution in [0.2, 0.25) is 0 Å². The van der Waals surface area contributed by atoms with Gasteiger partial charge in [0, 0.05) is 0 Å². The van der Waals surface area contributed by atoms with Crippen LogP contribution in [0.1, 0.15) is 114 Å². The minimum atomic E-state index is -2.29. The lowest BCUT2D eigenvalue weighted by Crippen LogP contribution is -2.47. The molecule has 5 heteroatoms. The van der Waals surface area contributed by atoms with E-state index in [2.05, 4.69) is 19.9 Å². The van der Waals surface area contributed by atoms with Crippen molar-refractivity contribution in [2.45, 2.75) is 116 Å². The number of rotatable bonds is 11. The predicted octanol–water partition coefficient (Wildman–Crippen LogP) is 7.18. The first kappa shape index (κ1) is 25.2. The van der Waals surface area contributed by atoms with Gasteiger partial charge in [0.1, 0.15) is 5.75 Å². The summed E-state index contributed by atoms with van der Waals surface area (Å²) in [6.45, 7) is 4.62. The third-order valence-corrected chi connectivity index (χ3v) is 9.75. The molecule has 0 aromatic heterocycles. The smallest absolute Gasteiger partial charge is 0.357 e. The molecule has 1 unspecified atom stereocenters. The van der Waals surface area contributed by atoms with Crippen molar-refractivity contribution in [2.24, 2.45) is 23.2 Å². The van der Waals surface area contributed by atoms with Crippen LogP contribution in [0.15, 0.2) is 18.2 Å². The number of aliphatic hydroxyl groups is 1. The Kier molecular flexibility index (Phi) is 8.56. The second-order valence-corrected chi connectivity index (χ2v) is 11.9. The Labute approximate surface area is 203 Å². The van der Waals surface area contributed by atoms with E-state index < -0.39 is 11.4 Å². The first-order chi connectivity index (χ1) is 15.9. The Morgan fingerprint density at radius 2 is 1.79 bits per heavy atom. The molecule has 2 fully saturated rings. The van der Waals surface area contributed by atoms with Crippen molar-refractivity contribution in [3.05, 3.63) is 29.3 Å². The van der Waals surface area contributed by atoms with E-state index in [0.29, 0.717) is 29.4 Å². The molecule has 7 atom stereocenters. The fraction of sp³-hybridized carbons (Fsp3) is 0.786. The fourth-order valence-electron chi connectivity index (χ4n) is 7.70. The molecule has 2 N–H and O–H groups in total. The number of benzene rings is 1. The maximum absolute atomic E-state index is 11.2. The maximum atomic E-state index is 11.2. The standard InChI is InChI=1S/C28H44O4S/c1-3-4-5-6-7-8-9-10-11-20-18-21-19-22(32-33(30)31)12-13-23(21)24-16-17-28(2)25(27(20)24)14-15-26(28)29/h12-13,19-20,24-27,29H,3-11,14-18H2,1-2H3,(H,30,31)/t20-,24-,25+,26+,27-,28+/m1/s1. The summed E-state index contributed by atoms with van der Waals surface area (Å²) in [5.41, 5.74) is 2.81. The third kappa shape index (κ3) is 5.51. The van der Waals surface area contributed by atoms with Gasteiger partial charge in [0.05, 0.1) is 6.10 Å². The van der Waals surface area contributed by atoms with Gasteiger partial charge in [-0.1, -0.05) is 71.3 Å². The average Bonchev–Trinajstić information content (AvgIpc) is 3.09. The van der Waals surface area contributed by atoms with Crippen LogP contribution in [0.3, 0.4) is 0 Å². The predicted molar refractivity (Wildman–Crippen MR) is 135 cm³/mol. The molecule has 0 amide bonds. The molecule has 0 radical (unpaired) electrons. The van der Waals surface area contributed by atoms with Gasteiger partial charge in [-0.3, -0.25) is 4.55 Å². The van der Waals surface area contributed by atoms with E-state index in [1.165, 1.54) is 68.9 Å². The van der Waals surface area contributed by atoms with Crippen molar-refractivity contribution >= 4 is 11.4 Å². The van der Waals surface area contributed by atoms with E-state index >= 15 is 0 Å². The number of hydrogen-bond donors (Lipinski definition) is 2. The van der Waals surface area contributed by atoms with Crippen molar-refractivity contribution in [3.63, 3.8) is 0 Å². The normalized spacial score (nSPS) is 33.8. The molecular formula is C28H44O4S. The number of aliphatic hydroxyl groups excluding tert-OH is 1. The first-order valence-electron chi connectivity index (χ1n) is 13.5. The van der Waals surface area contributed by atoms with E-state index in [-0.39, 0.29) is 11.5 Å². The Morgan fingerprint density at radius 3 is 2.52 bits per heavy atom. The lowest BCUT2D eigenvalue weighted by Gasteiger charge is -2.53. The zero-order valence-electron chi connectivity index (χ0n) is 20.6. The van der Waals surface area contributed by atoms with Gasteiger partial charge in [0.15, 0.2) is 0 Å². The van der Waals surface area contributed by atoms with Gasteiger partial charge in [-0.15, -0.1) is 0 Å². The summed E-state index contributed by atoms with van der Waals surface area (Å²) in [4.78, 5) is 0. The summed E-state index contributed by atoms with van der Waals surface area (Å²) in [7, 11) is 0. The molecule has 0 heterocycles. The molecule has 1 aromatic carbocycles. The molecule has 3 aliphatic rings. The van der Waals surface area contributed by atoms with Crippen LogP contribution >= 0.6 is 0 Å². The van der Waals surface area contributed by atoms with Gasteiger partial charge >= 0.3 is 11.4 Å². The lowest BCUT2D eigenvalue weighted by atomic mass is 9.52. The Balaban J connectivity index is 1.47. The van der Waals surface area contributed by atoms with Crippen molar-refractivity contribution in [1.82, 2.24) is 0 Å². The summed E-state index contributed by atoms with van der Waals surface area (Å²) < 4.78 is 25.4. The van der Waals surface area contributed by atoms with Gasteiger partial charge in [0.2, 0.25) is 0 Å². The minimum Gasteiger partial charge on any atom is -0.393 e. The summed E-state index contributed by atoms with van der Waals surface area (Å²) in [5.74, 6) is 2.93. The van der Waals surface area contributed by atoms with E-state index in [9.17, 15) is 9.32 Å². The van der Waals surface area contributed by atoms with Crippen LogP contribution < -0.4 is 4.18 Å². The van der Waals surface area contributed by atoms with E-state index in [1.807, 2.05) is 12.1 Å². The highest BCUT2D eigenvalue weighted by Crippen LogP contribution is 2.62. The molecule has 4 nitrogen and oxygen atoms in total. The molecule has 4 rings (SSSR count). The van der Waals surface area contributed by atoms with Crippen LogP contribution in [0.5, 0.6) is 5.75 Å². The quantitative estimate of drug-likeness (QED) is 0.262. The molecule has 0 aliphatic heterocycles. The van der Waals surface area contributed by atoms with Gasteiger partial charge < -0.3 is 9.29 Å². The molecule has 33 heavy (non-hydrogen) atoms. The monoisotopic (exact) mass is 476 g/mol. The van der Waals surface area contributed by atoms with Crippen molar-refractivity contribution in [2.75, 3.05) is 0 Å². The van der Waals surface area contributed by atoms with Crippen molar-refractivity contribution < 1.29 is 18.1 Å². The van der Waals surface area contributed by atoms with Gasteiger partial charge in [-0.25, -0.2) is 0 Å². The van der Waals surface area contributed by atoms with Crippen molar-refractivity contribution in [3.8, 4) is 5.75 Å². The SMILES string of the molecule is CCCCCCCCCC[C@@H]1Cc2cc(OS(=O)O)ccc2[C@H]2CC[C@]3(C)[C@@H](O)CC[C@H]3[C@H]12. The summed E-state index contributed by atoms with van der Waals surface area (Å²) in [5, 5.41) is 10.8. The highest BCUT2D eigenvalue weighted by molar-refractivity contribution is 7.74. The maximum Gasteiger partial charge on any atom is 0.357 e. The van der Waals surface area contributed by atoms with Crippen LogP contribution in [0.4, 0.5) is 0 Å². The topological polar surface area (TPSA) is 66.8 Å². The van der Waals surface area contributed by atoms with Crippen LogP contribution in [0, 0.1) is 23.2 Å². The number of unbranched alkanes of at least 4 members (excludes halogenated alkanes) is 7. The Morgan fingerprint density at radius 1 is 1.06 bits per heavy atom. The van der Waals surface area contributed by atoms with Crippen LogP contribution in [-0.4, -0.2) is 20.0 Å². The van der Waals surface area contributed by atoms with Gasteiger partial charge in [-0.05, 0) is 90.9 Å². The highest BCUT2D eigenvalue weighted by atomic mass is 32.2. The summed E-state index contributed by atoms with van der Waals surface area (Å²) in [6, 6.07) is 6.02. The largest absolute Gasteiger partial charge is 0.393 e. The molecular weight excluding hydrogens is 432 g/mol. The van der Waals surface area contributed by atoms with Crippen LogP contribution in [-0.2, 0) is 17.8 Å². The van der Waals surface area contributed by atoms with Gasteiger partial charge in [-0.2, -0.15) is 4.21 Å². The van der Waals surface area contributed by atoms with Gasteiger partial charge in [0.25, 0.3) is 0 Å². The Bertz CT molecular complexity index is 811. The van der Waals surface area contributed by atoms with Crippen LogP contribution in [0.25, 0.3) is 0 Å². The zero-order valence-corrected chi connectivity index (χ0v) is 21.5. The lowest BCUT2D eigenvalue weighted by molar-refractivity contribution is -0.0396. The number of fused-ring (bicyclic) bond motifs is 5. The zero-order chi connectivity index (χ0) is 23.4. The van der Waals surface area contributed by atoms with E-state index in [0.717, 1.165) is 32.1 Å². The fourth-order valence-corrected chi connectivity index (χ4v) is 7.96. The first-order valence-corrected chi connectivity index (χ1v) is 14.6. The molecule has 0 spiro atoms. The summed E-state index contributed by atoms with van der Waals surface area (Å²) >= 11 is -2.29. The Hall–Kier alpha value is -0.910. The second-order valence-electron chi connectivity index (χ2n) is 11.3. The average molecular weight is 477 g/mol. The minimum absolute atomic E-state index is 0.0764. The van der Waals surface area contributed by atoms with E-state index in [1.54, 1.807) is 0 Å². The molecule has 0 saturated heterocycles. The second kappa shape index (κ2) is 11.2. The highest BCUT2D eigenvalue weighted by Gasteiger charge is 2.56. The molecule has 3 aliphatic carbocycles. The number of hydrogen-bond acceptors (Lipinski definition) is 3. The third-order valence-electron chi connectivity index (χ3n) is 9.42. The molecule has 2 saturated carbocycles. The van der Waals surface area contributed by atoms with E-state index in [4.69, 9.17) is 8.74 Å². The molecule has 0 bridgehead atoms.